The van der Waals surface area contributed by atoms with Crippen molar-refractivity contribution in [2.24, 2.45) is 0 Å². The fraction of sp³-hybridized carbons (Fsp3) is 0.571. The van der Waals surface area contributed by atoms with Gasteiger partial charge in [0, 0.05) is 0 Å². The van der Waals surface area contributed by atoms with Crippen LogP contribution in [0.5, 0.6) is 5.75 Å². The number of ether oxygens (including phenoxy) is 1. The van der Waals surface area contributed by atoms with Crippen LogP contribution in [-0.4, -0.2) is 12.1 Å². The van der Waals surface area contributed by atoms with Crippen LogP contribution < -0.4 is 10.1 Å². The number of hydrogen-bond acceptors (Lipinski definition) is 2. The van der Waals surface area contributed by atoms with Crippen LogP contribution in [0.1, 0.15) is 40.2 Å². The lowest BCUT2D eigenvalue weighted by molar-refractivity contribution is 0.242. The molecule has 0 radical (unpaired) electrons. The van der Waals surface area contributed by atoms with E-state index in [0.29, 0.717) is 0 Å². The quantitative estimate of drug-likeness (QED) is 0.720. The van der Waals surface area contributed by atoms with Gasteiger partial charge in [-0.1, -0.05) is 26.8 Å². The molecule has 16 heavy (non-hydrogen) atoms. The van der Waals surface area contributed by atoms with Crippen molar-refractivity contribution in [2.75, 3.05) is 11.9 Å². The van der Waals surface area contributed by atoms with Crippen LogP contribution in [0.15, 0.2) is 18.2 Å². The number of fused-ring (bicyclic) bond motifs is 1. The van der Waals surface area contributed by atoms with E-state index in [-0.39, 0.29) is 11.0 Å². The average Bonchev–Trinajstić information content (AvgIpc) is 2.13. The molecular formula is C14H21NO. The molecular weight excluding hydrogens is 198 g/mol. The zero-order valence-electron chi connectivity index (χ0n) is 10.8. The predicted molar refractivity (Wildman–Crippen MR) is 68.3 cm³/mol. The molecule has 1 aromatic rings. The minimum atomic E-state index is 0.0174. The van der Waals surface area contributed by atoms with Crippen LogP contribution in [-0.2, 0) is 5.41 Å². The lowest BCUT2D eigenvalue weighted by Crippen LogP contribution is -2.41. The lowest BCUT2D eigenvalue weighted by Gasteiger charge is -2.34. The van der Waals surface area contributed by atoms with Gasteiger partial charge in [-0.25, -0.2) is 0 Å². The van der Waals surface area contributed by atoms with Crippen LogP contribution in [0.3, 0.4) is 0 Å². The molecule has 1 N–H and O–H groups in total. The molecule has 0 unspecified atom stereocenters. The van der Waals surface area contributed by atoms with Crippen molar-refractivity contribution >= 4 is 5.69 Å². The molecule has 88 valence electrons. The Morgan fingerprint density at radius 3 is 2.56 bits per heavy atom. The summed E-state index contributed by atoms with van der Waals surface area (Å²) in [7, 11) is 0. The second kappa shape index (κ2) is 3.41. The molecule has 0 saturated heterocycles. The summed E-state index contributed by atoms with van der Waals surface area (Å²) in [6, 6.07) is 6.42. The summed E-state index contributed by atoms with van der Waals surface area (Å²) in [5, 5.41) is 3.52. The highest BCUT2D eigenvalue weighted by Crippen LogP contribution is 2.36. The van der Waals surface area contributed by atoms with Crippen molar-refractivity contribution < 1.29 is 4.74 Å². The first-order valence-electron chi connectivity index (χ1n) is 5.83. The third-order valence-corrected chi connectivity index (χ3v) is 2.91. The van der Waals surface area contributed by atoms with E-state index in [2.05, 4.69) is 58.1 Å². The topological polar surface area (TPSA) is 21.3 Å². The number of rotatable bonds is 0. The summed E-state index contributed by atoms with van der Waals surface area (Å²) in [4.78, 5) is 0. The Morgan fingerprint density at radius 2 is 1.94 bits per heavy atom. The Kier molecular flexibility index (Phi) is 2.41. The molecule has 1 aromatic carbocycles. The SMILES string of the molecule is CC1(C)COc2ccc(C(C)(C)C)cc2N1. The summed E-state index contributed by atoms with van der Waals surface area (Å²) in [6.07, 6.45) is 0. The van der Waals surface area contributed by atoms with Crippen molar-refractivity contribution in [3.8, 4) is 5.75 Å². The normalized spacial score (nSPS) is 18.3. The maximum absolute atomic E-state index is 5.74. The molecule has 0 aromatic heterocycles. The molecule has 1 heterocycles. The third-order valence-electron chi connectivity index (χ3n) is 2.91. The number of nitrogens with one attached hydrogen (secondary N) is 1. The maximum atomic E-state index is 5.74. The van der Waals surface area contributed by atoms with Crippen molar-refractivity contribution in [1.82, 2.24) is 0 Å². The second-order valence-electron chi connectivity index (χ2n) is 6.26. The molecule has 0 aliphatic carbocycles. The average molecular weight is 219 g/mol. The van der Waals surface area contributed by atoms with E-state index < -0.39 is 0 Å². The molecule has 0 saturated carbocycles. The van der Waals surface area contributed by atoms with E-state index in [1.807, 2.05) is 0 Å². The minimum absolute atomic E-state index is 0.0174. The van der Waals surface area contributed by atoms with E-state index in [9.17, 15) is 0 Å². The van der Waals surface area contributed by atoms with Gasteiger partial charge in [0.15, 0.2) is 0 Å². The third kappa shape index (κ3) is 2.16. The smallest absolute Gasteiger partial charge is 0.142 e. The summed E-state index contributed by atoms with van der Waals surface area (Å²) in [6.45, 7) is 11.7. The summed E-state index contributed by atoms with van der Waals surface area (Å²) in [5.74, 6) is 0.965. The van der Waals surface area contributed by atoms with Gasteiger partial charge in [0.2, 0.25) is 0 Å². The Bertz CT molecular complexity index is 402. The number of anilines is 1. The largest absolute Gasteiger partial charge is 0.489 e. The van der Waals surface area contributed by atoms with Gasteiger partial charge in [-0.2, -0.15) is 0 Å². The van der Waals surface area contributed by atoms with Crippen LogP contribution in [0.4, 0.5) is 5.69 Å². The Morgan fingerprint density at radius 1 is 1.25 bits per heavy atom. The Hall–Kier alpha value is -1.18. The van der Waals surface area contributed by atoms with E-state index in [1.54, 1.807) is 0 Å². The number of benzene rings is 1. The fourth-order valence-electron chi connectivity index (χ4n) is 1.88. The predicted octanol–water partition coefficient (Wildman–Crippen LogP) is 3.57. The molecule has 0 amide bonds. The van der Waals surface area contributed by atoms with Gasteiger partial charge in [-0.15, -0.1) is 0 Å². The molecule has 1 aliphatic rings. The van der Waals surface area contributed by atoms with E-state index in [1.165, 1.54) is 5.56 Å². The molecule has 2 heteroatoms. The second-order valence-corrected chi connectivity index (χ2v) is 6.26. The van der Waals surface area contributed by atoms with Crippen molar-refractivity contribution in [2.45, 2.75) is 45.6 Å². The van der Waals surface area contributed by atoms with Gasteiger partial charge < -0.3 is 10.1 Å². The zero-order chi connectivity index (χ0) is 12.0. The van der Waals surface area contributed by atoms with Gasteiger partial charge in [-0.3, -0.25) is 0 Å². The van der Waals surface area contributed by atoms with Gasteiger partial charge in [0.25, 0.3) is 0 Å². The molecule has 0 atom stereocenters. The first-order chi connectivity index (χ1) is 7.28. The zero-order valence-corrected chi connectivity index (χ0v) is 10.8. The van der Waals surface area contributed by atoms with Gasteiger partial charge in [0.1, 0.15) is 12.4 Å². The Balaban J connectivity index is 2.39. The minimum Gasteiger partial charge on any atom is -0.489 e. The maximum Gasteiger partial charge on any atom is 0.142 e. The monoisotopic (exact) mass is 219 g/mol. The van der Waals surface area contributed by atoms with E-state index in [4.69, 9.17) is 4.74 Å². The summed E-state index contributed by atoms with van der Waals surface area (Å²) in [5.41, 5.74) is 2.64. The van der Waals surface area contributed by atoms with Gasteiger partial charge >= 0.3 is 0 Å². The molecule has 2 nitrogen and oxygen atoms in total. The lowest BCUT2D eigenvalue weighted by atomic mass is 9.86. The van der Waals surface area contributed by atoms with E-state index in [0.717, 1.165) is 18.0 Å². The molecule has 0 bridgehead atoms. The van der Waals surface area contributed by atoms with Crippen LogP contribution >= 0.6 is 0 Å². The first kappa shape index (κ1) is 11.3. The standard InChI is InChI=1S/C14H21NO/c1-13(2,3)10-6-7-12-11(8-10)15-14(4,5)9-16-12/h6-8,15H,9H2,1-5H3. The molecule has 0 spiro atoms. The highest BCUT2D eigenvalue weighted by atomic mass is 16.5. The van der Waals surface area contributed by atoms with Crippen LogP contribution in [0.2, 0.25) is 0 Å². The first-order valence-corrected chi connectivity index (χ1v) is 5.83. The molecule has 0 fully saturated rings. The van der Waals surface area contributed by atoms with Gasteiger partial charge in [-0.05, 0) is 37.0 Å². The van der Waals surface area contributed by atoms with Crippen LogP contribution in [0, 0.1) is 0 Å². The van der Waals surface area contributed by atoms with Crippen molar-refractivity contribution in [3.63, 3.8) is 0 Å². The summed E-state index contributed by atoms with van der Waals surface area (Å²) >= 11 is 0. The highest BCUT2D eigenvalue weighted by molar-refractivity contribution is 5.61. The van der Waals surface area contributed by atoms with Crippen LogP contribution in [0.25, 0.3) is 0 Å². The molecule has 1 aliphatic heterocycles. The fourth-order valence-corrected chi connectivity index (χ4v) is 1.88. The van der Waals surface area contributed by atoms with Gasteiger partial charge in [0.05, 0.1) is 11.2 Å². The Labute approximate surface area is 98.0 Å². The van der Waals surface area contributed by atoms with E-state index >= 15 is 0 Å². The molecule has 2 rings (SSSR count). The number of hydrogen-bond donors (Lipinski definition) is 1. The van der Waals surface area contributed by atoms with Crippen molar-refractivity contribution in [1.29, 1.82) is 0 Å². The highest BCUT2D eigenvalue weighted by Gasteiger charge is 2.26. The van der Waals surface area contributed by atoms with Crippen molar-refractivity contribution in [3.05, 3.63) is 23.8 Å². The summed E-state index contributed by atoms with van der Waals surface area (Å²) < 4.78 is 5.74.